The van der Waals surface area contributed by atoms with Crippen molar-refractivity contribution in [2.24, 2.45) is 5.92 Å². The first-order chi connectivity index (χ1) is 11.0. The van der Waals surface area contributed by atoms with Crippen LogP contribution in [0.3, 0.4) is 0 Å². The molecule has 0 radical (unpaired) electrons. The zero-order valence-corrected chi connectivity index (χ0v) is 12.5. The van der Waals surface area contributed by atoms with E-state index in [1.54, 1.807) is 0 Å². The van der Waals surface area contributed by atoms with E-state index in [-0.39, 0.29) is 49.1 Å². The topological polar surface area (TPSA) is 78.5 Å². The van der Waals surface area contributed by atoms with Gasteiger partial charge in [0.1, 0.15) is 5.82 Å². The Hall–Kier alpha value is -2.44. The number of halogens is 1. The minimum atomic E-state index is -0.499. The monoisotopic (exact) mass is 319 g/mol. The molecule has 0 unspecified atom stereocenters. The lowest BCUT2D eigenvalue weighted by Gasteiger charge is -2.16. The van der Waals surface area contributed by atoms with Crippen LogP contribution in [0.25, 0.3) is 0 Å². The Balaban J connectivity index is 1.52. The van der Waals surface area contributed by atoms with Gasteiger partial charge in [-0.1, -0.05) is 0 Å². The van der Waals surface area contributed by atoms with E-state index in [0.29, 0.717) is 5.69 Å². The number of anilines is 1. The van der Waals surface area contributed by atoms with Crippen LogP contribution in [0.4, 0.5) is 10.1 Å². The van der Waals surface area contributed by atoms with Gasteiger partial charge in [0.15, 0.2) is 0 Å². The number of nitrogens with one attached hydrogen (secondary N) is 2. The quantitative estimate of drug-likeness (QED) is 0.833. The summed E-state index contributed by atoms with van der Waals surface area (Å²) in [5.41, 5.74) is 0.568. The fourth-order valence-corrected chi connectivity index (χ4v) is 2.57. The first-order valence-electron chi connectivity index (χ1n) is 7.66. The molecule has 1 saturated heterocycles. The molecule has 0 aromatic heterocycles. The van der Waals surface area contributed by atoms with Gasteiger partial charge >= 0.3 is 0 Å². The molecule has 3 rings (SSSR count). The molecule has 1 aromatic rings. The summed E-state index contributed by atoms with van der Waals surface area (Å²) in [6.45, 7) is 0.164. The molecular weight excluding hydrogens is 301 g/mol. The standard InChI is InChI=1S/C16H18FN3O3/c17-11-1-5-13(6-2-11)20-9-10(7-15(20)22)16(23)18-8-14(21)19-12-3-4-12/h1-2,5-6,10,12H,3-4,7-9H2,(H,18,23)(H,19,21)/t10-/m0/s1. The summed E-state index contributed by atoms with van der Waals surface area (Å²) in [7, 11) is 0. The fourth-order valence-electron chi connectivity index (χ4n) is 2.57. The number of hydrogen-bond donors (Lipinski definition) is 2. The Morgan fingerprint density at radius 2 is 1.91 bits per heavy atom. The third-order valence-corrected chi connectivity index (χ3v) is 4.00. The van der Waals surface area contributed by atoms with Crippen LogP contribution >= 0.6 is 0 Å². The number of amides is 3. The molecular formula is C16H18FN3O3. The zero-order chi connectivity index (χ0) is 16.4. The molecule has 122 valence electrons. The molecule has 7 heteroatoms. The van der Waals surface area contributed by atoms with Crippen LogP contribution < -0.4 is 15.5 Å². The van der Waals surface area contributed by atoms with Gasteiger partial charge in [-0.05, 0) is 37.1 Å². The molecule has 2 fully saturated rings. The highest BCUT2D eigenvalue weighted by atomic mass is 19.1. The summed E-state index contributed by atoms with van der Waals surface area (Å²) >= 11 is 0. The van der Waals surface area contributed by atoms with Crippen LogP contribution in [-0.4, -0.2) is 36.9 Å². The SMILES string of the molecule is O=C(CNC(=O)[C@H]1CC(=O)N(c2ccc(F)cc2)C1)NC1CC1. The molecule has 1 aromatic carbocycles. The minimum absolute atomic E-state index is 0.0728. The summed E-state index contributed by atoms with van der Waals surface area (Å²) in [4.78, 5) is 37.2. The van der Waals surface area contributed by atoms with E-state index in [9.17, 15) is 18.8 Å². The predicted molar refractivity (Wildman–Crippen MR) is 81.0 cm³/mol. The van der Waals surface area contributed by atoms with E-state index in [1.807, 2.05) is 0 Å². The summed E-state index contributed by atoms with van der Waals surface area (Å²) < 4.78 is 12.9. The molecule has 2 N–H and O–H groups in total. The highest BCUT2D eigenvalue weighted by molar-refractivity contribution is 6.00. The largest absolute Gasteiger partial charge is 0.352 e. The average Bonchev–Trinajstić information content (AvgIpc) is 3.25. The van der Waals surface area contributed by atoms with Gasteiger partial charge in [-0.3, -0.25) is 14.4 Å². The van der Waals surface area contributed by atoms with Crippen molar-refractivity contribution >= 4 is 23.4 Å². The third kappa shape index (κ3) is 3.85. The van der Waals surface area contributed by atoms with E-state index in [1.165, 1.54) is 29.2 Å². The predicted octanol–water partition coefficient (Wildman–Crippen LogP) is 0.573. The van der Waals surface area contributed by atoms with Gasteiger partial charge in [-0.15, -0.1) is 0 Å². The number of rotatable bonds is 5. The van der Waals surface area contributed by atoms with Crippen molar-refractivity contribution in [1.29, 1.82) is 0 Å². The first kappa shape index (κ1) is 15.5. The van der Waals surface area contributed by atoms with Crippen molar-refractivity contribution in [2.75, 3.05) is 18.0 Å². The Morgan fingerprint density at radius 3 is 2.57 bits per heavy atom. The summed E-state index contributed by atoms with van der Waals surface area (Å²) in [5, 5.41) is 5.35. The van der Waals surface area contributed by atoms with Crippen molar-refractivity contribution in [2.45, 2.75) is 25.3 Å². The number of carbonyl (C=O) groups is 3. The molecule has 6 nitrogen and oxygen atoms in total. The molecule has 1 saturated carbocycles. The van der Waals surface area contributed by atoms with E-state index < -0.39 is 5.92 Å². The van der Waals surface area contributed by atoms with Gasteiger partial charge in [0.25, 0.3) is 0 Å². The Labute approximate surface area is 133 Å². The molecule has 1 aliphatic carbocycles. The Morgan fingerprint density at radius 1 is 1.22 bits per heavy atom. The van der Waals surface area contributed by atoms with E-state index in [4.69, 9.17) is 0 Å². The normalized spacial score (nSPS) is 20.5. The maximum absolute atomic E-state index is 12.9. The van der Waals surface area contributed by atoms with Crippen LogP contribution in [0.15, 0.2) is 24.3 Å². The summed E-state index contributed by atoms with van der Waals surface area (Å²) in [5.74, 6) is -1.58. The Kier molecular flexibility index (Phi) is 4.27. The third-order valence-electron chi connectivity index (χ3n) is 4.00. The number of carbonyl (C=O) groups excluding carboxylic acids is 3. The van der Waals surface area contributed by atoms with Gasteiger partial charge in [0.05, 0.1) is 12.5 Å². The average molecular weight is 319 g/mol. The zero-order valence-electron chi connectivity index (χ0n) is 12.5. The number of nitrogens with zero attached hydrogens (tertiary/aromatic N) is 1. The van der Waals surface area contributed by atoms with Gasteiger partial charge in [-0.25, -0.2) is 4.39 Å². The Bertz CT molecular complexity index is 628. The summed E-state index contributed by atoms with van der Waals surface area (Å²) in [6.07, 6.45) is 2.07. The van der Waals surface area contributed by atoms with Crippen molar-refractivity contribution < 1.29 is 18.8 Å². The maximum atomic E-state index is 12.9. The highest BCUT2D eigenvalue weighted by Crippen LogP contribution is 2.25. The fraction of sp³-hybridized carbons (Fsp3) is 0.438. The van der Waals surface area contributed by atoms with Crippen LogP contribution in [0, 0.1) is 11.7 Å². The van der Waals surface area contributed by atoms with Crippen LogP contribution in [0.5, 0.6) is 0 Å². The number of hydrogen-bond acceptors (Lipinski definition) is 3. The smallest absolute Gasteiger partial charge is 0.239 e. The second-order valence-corrected chi connectivity index (χ2v) is 5.94. The molecule has 3 amide bonds. The van der Waals surface area contributed by atoms with Crippen molar-refractivity contribution in [3.63, 3.8) is 0 Å². The highest BCUT2D eigenvalue weighted by Gasteiger charge is 2.35. The maximum Gasteiger partial charge on any atom is 0.239 e. The molecule has 1 atom stereocenters. The number of benzene rings is 1. The van der Waals surface area contributed by atoms with E-state index in [0.717, 1.165) is 12.8 Å². The minimum Gasteiger partial charge on any atom is -0.352 e. The molecule has 1 aliphatic heterocycles. The molecule has 0 bridgehead atoms. The lowest BCUT2D eigenvalue weighted by molar-refractivity contribution is -0.129. The second-order valence-electron chi connectivity index (χ2n) is 5.94. The molecule has 23 heavy (non-hydrogen) atoms. The van der Waals surface area contributed by atoms with Gasteiger partial charge in [0, 0.05) is 24.7 Å². The van der Waals surface area contributed by atoms with Crippen LogP contribution in [-0.2, 0) is 14.4 Å². The molecule has 2 aliphatic rings. The van der Waals surface area contributed by atoms with Gasteiger partial charge in [0.2, 0.25) is 17.7 Å². The second kappa shape index (κ2) is 6.36. The van der Waals surface area contributed by atoms with E-state index in [2.05, 4.69) is 10.6 Å². The van der Waals surface area contributed by atoms with Crippen molar-refractivity contribution in [3.05, 3.63) is 30.1 Å². The summed E-state index contributed by atoms with van der Waals surface area (Å²) in [6, 6.07) is 5.82. The molecule has 0 spiro atoms. The van der Waals surface area contributed by atoms with Crippen LogP contribution in [0.2, 0.25) is 0 Å². The molecule has 1 heterocycles. The van der Waals surface area contributed by atoms with Crippen molar-refractivity contribution in [1.82, 2.24) is 10.6 Å². The van der Waals surface area contributed by atoms with Gasteiger partial charge in [-0.2, -0.15) is 0 Å². The lowest BCUT2D eigenvalue weighted by Crippen LogP contribution is -2.40. The first-order valence-corrected chi connectivity index (χ1v) is 7.66. The van der Waals surface area contributed by atoms with Crippen molar-refractivity contribution in [3.8, 4) is 0 Å². The van der Waals surface area contributed by atoms with E-state index >= 15 is 0 Å². The van der Waals surface area contributed by atoms with Gasteiger partial charge < -0.3 is 15.5 Å². The lowest BCUT2D eigenvalue weighted by atomic mass is 10.1. The van der Waals surface area contributed by atoms with Crippen LogP contribution in [0.1, 0.15) is 19.3 Å².